The first kappa shape index (κ1) is 12.4. The molecule has 0 atom stereocenters. The summed E-state index contributed by atoms with van der Waals surface area (Å²) in [4.78, 5) is 15.4. The van der Waals surface area contributed by atoms with Crippen LogP contribution in [0.2, 0.25) is 0 Å². The molecule has 0 spiro atoms. The molecule has 20 heavy (non-hydrogen) atoms. The molecule has 1 aromatic rings. The molecule has 0 aromatic carbocycles. The lowest BCUT2D eigenvalue weighted by atomic mass is 9.50. The molecule has 1 aromatic heterocycles. The van der Waals surface area contributed by atoms with E-state index in [4.69, 9.17) is 5.11 Å². The maximum absolute atomic E-state index is 11.1. The molecule has 3 nitrogen and oxygen atoms in total. The first-order chi connectivity index (χ1) is 9.70. The van der Waals surface area contributed by atoms with Crippen molar-refractivity contribution in [2.45, 2.75) is 44.4 Å². The van der Waals surface area contributed by atoms with E-state index in [2.05, 4.69) is 11.1 Å². The number of aromatic nitrogens is 1. The van der Waals surface area contributed by atoms with E-state index in [1.807, 2.05) is 6.07 Å². The Morgan fingerprint density at radius 1 is 1.15 bits per heavy atom. The second-order valence-electron chi connectivity index (χ2n) is 7.07. The molecule has 0 unspecified atom stereocenters. The van der Waals surface area contributed by atoms with Gasteiger partial charge in [-0.15, -0.1) is 0 Å². The third kappa shape index (κ3) is 1.95. The van der Waals surface area contributed by atoms with Crippen molar-refractivity contribution in [2.24, 2.45) is 23.7 Å². The first-order valence-electron chi connectivity index (χ1n) is 7.86. The van der Waals surface area contributed by atoms with Crippen molar-refractivity contribution in [3.63, 3.8) is 0 Å². The summed E-state index contributed by atoms with van der Waals surface area (Å²) >= 11 is 0. The Bertz CT molecular complexity index is 512. The molecular weight excluding hydrogens is 250 g/mol. The summed E-state index contributed by atoms with van der Waals surface area (Å²) in [5.41, 5.74) is 2.04. The Labute approximate surface area is 119 Å². The molecule has 4 aliphatic carbocycles. The van der Waals surface area contributed by atoms with Gasteiger partial charge in [-0.1, -0.05) is 6.07 Å². The number of aliphatic carboxylic acids is 1. The Balaban J connectivity index is 1.69. The molecule has 0 radical (unpaired) electrons. The van der Waals surface area contributed by atoms with Crippen LogP contribution in [0.25, 0.3) is 0 Å². The molecule has 0 amide bonds. The van der Waals surface area contributed by atoms with E-state index in [0.29, 0.717) is 5.92 Å². The van der Waals surface area contributed by atoms with Crippen molar-refractivity contribution in [1.82, 2.24) is 4.98 Å². The molecule has 106 valence electrons. The Morgan fingerprint density at radius 2 is 1.80 bits per heavy atom. The van der Waals surface area contributed by atoms with Crippen LogP contribution in [0.5, 0.6) is 0 Å². The van der Waals surface area contributed by atoms with Crippen molar-refractivity contribution in [3.8, 4) is 0 Å². The van der Waals surface area contributed by atoms with Crippen molar-refractivity contribution in [2.75, 3.05) is 0 Å². The zero-order chi connectivity index (χ0) is 13.7. The van der Waals surface area contributed by atoms with Crippen LogP contribution in [0.3, 0.4) is 0 Å². The van der Waals surface area contributed by atoms with Crippen LogP contribution in [0, 0.1) is 23.7 Å². The van der Waals surface area contributed by atoms with Gasteiger partial charge in [-0.3, -0.25) is 9.78 Å². The smallest absolute Gasteiger partial charge is 0.309 e. The molecule has 0 aliphatic heterocycles. The predicted molar refractivity (Wildman–Crippen MR) is 75.4 cm³/mol. The topological polar surface area (TPSA) is 50.2 Å². The van der Waals surface area contributed by atoms with Gasteiger partial charge in [0.15, 0.2) is 0 Å². The van der Waals surface area contributed by atoms with Crippen LogP contribution >= 0.6 is 0 Å². The third-order valence-corrected chi connectivity index (χ3v) is 5.83. The van der Waals surface area contributed by atoms with E-state index in [1.54, 1.807) is 6.20 Å². The summed E-state index contributed by atoms with van der Waals surface area (Å²) in [7, 11) is 0. The lowest BCUT2D eigenvalue weighted by Gasteiger charge is -2.54. The van der Waals surface area contributed by atoms with E-state index in [-0.39, 0.29) is 6.42 Å². The van der Waals surface area contributed by atoms with Gasteiger partial charge in [0.2, 0.25) is 0 Å². The van der Waals surface area contributed by atoms with E-state index in [9.17, 15) is 4.79 Å². The maximum atomic E-state index is 11.1. The minimum atomic E-state index is -0.770. The molecule has 3 heteroatoms. The van der Waals surface area contributed by atoms with Crippen LogP contribution in [-0.4, -0.2) is 16.1 Å². The monoisotopic (exact) mass is 271 g/mol. The van der Waals surface area contributed by atoms with Crippen molar-refractivity contribution < 1.29 is 9.90 Å². The van der Waals surface area contributed by atoms with Crippen molar-refractivity contribution in [1.29, 1.82) is 0 Å². The SMILES string of the molecule is O=C(O)Cc1ncccc1C1C2CC3CC(C2)CC1C3. The number of rotatable bonds is 3. The van der Waals surface area contributed by atoms with Gasteiger partial charge in [-0.05, 0) is 73.3 Å². The van der Waals surface area contributed by atoms with Gasteiger partial charge in [0.05, 0.1) is 12.1 Å². The van der Waals surface area contributed by atoms with Gasteiger partial charge in [0.1, 0.15) is 0 Å². The first-order valence-corrected chi connectivity index (χ1v) is 7.86. The van der Waals surface area contributed by atoms with Crippen molar-refractivity contribution >= 4 is 5.97 Å². The highest BCUT2D eigenvalue weighted by Gasteiger charge is 2.49. The van der Waals surface area contributed by atoms with E-state index >= 15 is 0 Å². The summed E-state index contributed by atoms with van der Waals surface area (Å²) in [5.74, 6) is 3.27. The number of carbonyl (C=O) groups is 1. The molecule has 1 N–H and O–H groups in total. The van der Waals surface area contributed by atoms with E-state index < -0.39 is 5.97 Å². The normalized spacial score (nSPS) is 38.1. The Hall–Kier alpha value is -1.38. The molecule has 5 rings (SSSR count). The molecule has 0 saturated heterocycles. The standard InChI is InChI=1S/C17H21NO2/c19-16(20)9-15-14(2-1-3-18-15)17-12-5-10-4-11(7-12)8-13(17)6-10/h1-3,10-13,17H,4-9H2,(H,19,20). The van der Waals surface area contributed by atoms with Gasteiger partial charge < -0.3 is 5.11 Å². The molecule has 4 aliphatic rings. The minimum absolute atomic E-state index is 0.0684. The maximum Gasteiger partial charge on any atom is 0.309 e. The summed E-state index contributed by atoms with van der Waals surface area (Å²) in [6.07, 6.45) is 8.70. The predicted octanol–water partition coefficient (Wildman–Crippen LogP) is 3.25. The van der Waals surface area contributed by atoms with Gasteiger partial charge in [0, 0.05) is 6.20 Å². The van der Waals surface area contributed by atoms with Crippen LogP contribution < -0.4 is 0 Å². The third-order valence-electron chi connectivity index (χ3n) is 5.83. The zero-order valence-corrected chi connectivity index (χ0v) is 11.7. The number of nitrogens with zero attached hydrogens (tertiary/aromatic N) is 1. The van der Waals surface area contributed by atoms with Gasteiger partial charge in [-0.25, -0.2) is 0 Å². The van der Waals surface area contributed by atoms with Crippen LogP contribution in [0.1, 0.15) is 49.3 Å². The number of pyridine rings is 1. The Morgan fingerprint density at radius 3 is 2.40 bits per heavy atom. The number of hydrogen-bond acceptors (Lipinski definition) is 2. The Kier molecular flexibility index (Phi) is 2.83. The van der Waals surface area contributed by atoms with Crippen LogP contribution in [0.4, 0.5) is 0 Å². The fourth-order valence-corrected chi connectivity index (χ4v) is 5.48. The highest BCUT2D eigenvalue weighted by molar-refractivity contribution is 5.70. The van der Waals surface area contributed by atoms with Gasteiger partial charge in [-0.2, -0.15) is 0 Å². The van der Waals surface area contributed by atoms with E-state index in [1.165, 1.54) is 37.7 Å². The summed E-state index contributed by atoms with van der Waals surface area (Å²) in [5, 5.41) is 9.10. The molecular formula is C17H21NO2. The fraction of sp³-hybridized carbons (Fsp3) is 0.647. The largest absolute Gasteiger partial charge is 0.481 e. The molecule has 4 bridgehead atoms. The second kappa shape index (κ2) is 4.57. The zero-order valence-electron chi connectivity index (χ0n) is 11.7. The highest BCUT2D eigenvalue weighted by atomic mass is 16.4. The summed E-state index contributed by atoms with van der Waals surface area (Å²) in [6.45, 7) is 0. The van der Waals surface area contributed by atoms with Gasteiger partial charge >= 0.3 is 5.97 Å². The average Bonchev–Trinajstić information content (AvgIpc) is 2.38. The summed E-state index contributed by atoms with van der Waals surface area (Å²) in [6, 6.07) is 4.12. The quantitative estimate of drug-likeness (QED) is 0.918. The van der Waals surface area contributed by atoms with Crippen LogP contribution in [0.15, 0.2) is 18.3 Å². The fourth-order valence-electron chi connectivity index (χ4n) is 5.48. The lowest BCUT2D eigenvalue weighted by Crippen LogP contribution is -2.44. The minimum Gasteiger partial charge on any atom is -0.481 e. The van der Waals surface area contributed by atoms with Crippen molar-refractivity contribution in [3.05, 3.63) is 29.6 Å². The molecule has 4 fully saturated rings. The lowest BCUT2D eigenvalue weighted by molar-refractivity contribution is -0.136. The average molecular weight is 271 g/mol. The van der Waals surface area contributed by atoms with Gasteiger partial charge in [0.25, 0.3) is 0 Å². The van der Waals surface area contributed by atoms with Crippen LogP contribution in [-0.2, 0) is 11.2 Å². The number of hydrogen-bond donors (Lipinski definition) is 1. The summed E-state index contributed by atoms with van der Waals surface area (Å²) < 4.78 is 0. The second-order valence-corrected chi connectivity index (χ2v) is 7.07. The molecule has 1 heterocycles. The highest BCUT2D eigenvalue weighted by Crippen LogP contribution is 2.59. The number of carboxylic acids is 1. The molecule has 4 saturated carbocycles. The number of carboxylic acid groups (broad SMARTS) is 1. The van der Waals surface area contributed by atoms with E-state index in [0.717, 1.165) is 29.4 Å².